The first-order valence-electron chi connectivity index (χ1n) is 5.88. The first-order valence-corrected chi connectivity index (χ1v) is 5.88. The fourth-order valence-corrected chi connectivity index (χ4v) is 1.87. The van der Waals surface area contributed by atoms with E-state index in [-0.39, 0.29) is 29.2 Å². The van der Waals surface area contributed by atoms with E-state index in [9.17, 15) is 14.9 Å². The average molecular weight is 272 g/mol. The maximum Gasteiger partial charge on any atom is 0.311 e. The largest absolute Gasteiger partial charge is 0.490 e. The Morgan fingerprint density at radius 2 is 2.10 bits per heavy atom. The van der Waals surface area contributed by atoms with E-state index in [0.29, 0.717) is 5.69 Å². The van der Waals surface area contributed by atoms with E-state index in [0.717, 1.165) is 0 Å². The van der Waals surface area contributed by atoms with Crippen molar-refractivity contribution >= 4 is 11.5 Å². The Morgan fingerprint density at radius 3 is 2.70 bits per heavy atom. The molecule has 6 heteroatoms. The fourth-order valence-electron chi connectivity index (χ4n) is 1.87. The number of Topliss-reactive ketones (excluding diaryl/α,β-unsaturated/α-hetero) is 1. The summed E-state index contributed by atoms with van der Waals surface area (Å²) in [6, 6.07) is 9.53. The van der Waals surface area contributed by atoms with E-state index in [1.807, 2.05) is 0 Å². The van der Waals surface area contributed by atoms with Crippen LogP contribution in [-0.2, 0) is 6.42 Å². The normalized spacial score (nSPS) is 10.1. The van der Waals surface area contributed by atoms with Gasteiger partial charge in [-0.05, 0) is 18.2 Å². The third-order valence-corrected chi connectivity index (χ3v) is 2.76. The second kappa shape index (κ2) is 5.92. The topological polar surface area (TPSA) is 82.3 Å². The molecule has 0 atom stereocenters. The standard InChI is InChI=1S/C14H12N2O4/c1-20-14-11(6-4-7-12(14)16(18)19)13(17)9-10-5-2-3-8-15-10/h2-8H,9H2,1H3. The molecule has 0 spiro atoms. The number of rotatable bonds is 5. The highest BCUT2D eigenvalue weighted by Gasteiger charge is 2.22. The van der Waals surface area contributed by atoms with E-state index >= 15 is 0 Å². The van der Waals surface area contributed by atoms with Crippen molar-refractivity contribution in [2.45, 2.75) is 6.42 Å². The van der Waals surface area contributed by atoms with Crippen LogP contribution in [0.3, 0.4) is 0 Å². The summed E-state index contributed by atoms with van der Waals surface area (Å²) in [4.78, 5) is 26.6. The Balaban J connectivity index is 2.35. The lowest BCUT2D eigenvalue weighted by atomic mass is 10.0. The van der Waals surface area contributed by atoms with Crippen LogP contribution in [0.4, 0.5) is 5.69 Å². The van der Waals surface area contributed by atoms with Crippen molar-refractivity contribution < 1.29 is 14.5 Å². The Labute approximate surface area is 115 Å². The maximum absolute atomic E-state index is 12.2. The predicted molar refractivity (Wildman–Crippen MR) is 71.9 cm³/mol. The Morgan fingerprint density at radius 1 is 1.30 bits per heavy atom. The van der Waals surface area contributed by atoms with Crippen LogP contribution in [0.5, 0.6) is 5.75 Å². The van der Waals surface area contributed by atoms with E-state index in [2.05, 4.69) is 4.98 Å². The number of pyridine rings is 1. The van der Waals surface area contributed by atoms with Crippen LogP contribution >= 0.6 is 0 Å². The zero-order valence-electron chi connectivity index (χ0n) is 10.8. The molecule has 0 fully saturated rings. The lowest BCUT2D eigenvalue weighted by molar-refractivity contribution is -0.385. The van der Waals surface area contributed by atoms with Gasteiger partial charge in [0.15, 0.2) is 5.78 Å². The summed E-state index contributed by atoms with van der Waals surface area (Å²) in [5.41, 5.74) is 0.567. The molecule has 0 aliphatic heterocycles. The minimum atomic E-state index is -0.573. The summed E-state index contributed by atoms with van der Waals surface area (Å²) in [7, 11) is 1.31. The van der Waals surface area contributed by atoms with Crippen molar-refractivity contribution in [1.29, 1.82) is 0 Å². The van der Waals surface area contributed by atoms with Gasteiger partial charge in [-0.15, -0.1) is 0 Å². The third kappa shape index (κ3) is 2.80. The van der Waals surface area contributed by atoms with E-state index < -0.39 is 4.92 Å². The number of nitro benzene ring substituents is 1. The summed E-state index contributed by atoms with van der Waals surface area (Å²) in [6.45, 7) is 0. The molecule has 1 aromatic carbocycles. The summed E-state index contributed by atoms with van der Waals surface area (Å²) < 4.78 is 5.01. The molecule has 0 saturated heterocycles. The van der Waals surface area contributed by atoms with Crippen LogP contribution in [0.25, 0.3) is 0 Å². The lowest BCUT2D eigenvalue weighted by Gasteiger charge is -2.07. The number of nitro groups is 1. The van der Waals surface area contributed by atoms with Gasteiger partial charge in [0.05, 0.1) is 24.0 Å². The van der Waals surface area contributed by atoms with Crippen LogP contribution in [-0.4, -0.2) is 22.8 Å². The van der Waals surface area contributed by atoms with E-state index in [4.69, 9.17) is 4.74 Å². The number of ketones is 1. The smallest absolute Gasteiger partial charge is 0.311 e. The zero-order chi connectivity index (χ0) is 14.5. The summed E-state index contributed by atoms with van der Waals surface area (Å²) >= 11 is 0. The number of para-hydroxylation sites is 1. The van der Waals surface area contributed by atoms with Gasteiger partial charge in [-0.25, -0.2) is 0 Å². The number of aromatic nitrogens is 1. The molecule has 0 N–H and O–H groups in total. The van der Waals surface area contributed by atoms with Crippen molar-refractivity contribution in [3.8, 4) is 5.75 Å². The highest BCUT2D eigenvalue weighted by atomic mass is 16.6. The molecule has 102 valence electrons. The van der Waals surface area contributed by atoms with Gasteiger partial charge in [0.2, 0.25) is 5.75 Å². The molecule has 1 heterocycles. The molecule has 0 aliphatic rings. The highest BCUT2D eigenvalue weighted by Crippen LogP contribution is 2.31. The van der Waals surface area contributed by atoms with E-state index in [1.165, 1.54) is 25.3 Å². The molecule has 0 bridgehead atoms. The molecule has 0 saturated carbocycles. The molecule has 0 amide bonds. The van der Waals surface area contributed by atoms with Crippen molar-refractivity contribution in [1.82, 2.24) is 4.98 Å². The Kier molecular flexibility index (Phi) is 4.05. The number of nitrogens with zero attached hydrogens (tertiary/aromatic N) is 2. The number of ether oxygens (including phenoxy) is 1. The third-order valence-electron chi connectivity index (χ3n) is 2.76. The number of carbonyl (C=O) groups excluding carboxylic acids is 1. The monoisotopic (exact) mass is 272 g/mol. The second-order valence-corrected chi connectivity index (χ2v) is 4.04. The van der Waals surface area contributed by atoms with Gasteiger partial charge in [-0.1, -0.05) is 12.1 Å². The average Bonchev–Trinajstić information content (AvgIpc) is 2.47. The number of hydrogen-bond acceptors (Lipinski definition) is 5. The van der Waals surface area contributed by atoms with Crippen molar-refractivity contribution in [3.05, 3.63) is 64.0 Å². The molecular formula is C14H12N2O4. The highest BCUT2D eigenvalue weighted by molar-refractivity contribution is 6.00. The maximum atomic E-state index is 12.2. The van der Waals surface area contributed by atoms with Gasteiger partial charge in [-0.3, -0.25) is 19.9 Å². The molecule has 0 unspecified atom stereocenters. The van der Waals surface area contributed by atoms with Crippen molar-refractivity contribution in [2.75, 3.05) is 7.11 Å². The first-order chi connectivity index (χ1) is 9.63. The molecule has 0 radical (unpaired) electrons. The molecule has 20 heavy (non-hydrogen) atoms. The van der Waals surface area contributed by atoms with Crippen LogP contribution < -0.4 is 4.74 Å². The predicted octanol–water partition coefficient (Wildman–Crippen LogP) is 2.42. The Hall–Kier alpha value is -2.76. The molecule has 0 aliphatic carbocycles. The van der Waals surface area contributed by atoms with Gasteiger partial charge in [-0.2, -0.15) is 0 Å². The summed E-state index contributed by atoms with van der Waals surface area (Å²) in [5, 5.41) is 10.9. The summed E-state index contributed by atoms with van der Waals surface area (Å²) in [5.74, 6) is -0.289. The molecule has 2 aromatic rings. The van der Waals surface area contributed by atoms with Crippen LogP contribution in [0.2, 0.25) is 0 Å². The fraction of sp³-hybridized carbons (Fsp3) is 0.143. The minimum absolute atomic E-state index is 0.0153. The molecule has 2 rings (SSSR count). The van der Waals surface area contributed by atoms with Gasteiger partial charge in [0.1, 0.15) is 0 Å². The van der Waals surface area contributed by atoms with Crippen LogP contribution in [0.1, 0.15) is 16.1 Å². The van der Waals surface area contributed by atoms with Crippen LogP contribution in [0, 0.1) is 10.1 Å². The minimum Gasteiger partial charge on any atom is -0.490 e. The number of carbonyl (C=O) groups is 1. The second-order valence-electron chi connectivity index (χ2n) is 4.04. The van der Waals surface area contributed by atoms with Gasteiger partial charge < -0.3 is 4.74 Å². The van der Waals surface area contributed by atoms with Crippen molar-refractivity contribution in [3.63, 3.8) is 0 Å². The lowest BCUT2D eigenvalue weighted by Crippen LogP contribution is -2.08. The van der Waals surface area contributed by atoms with Crippen molar-refractivity contribution in [2.24, 2.45) is 0 Å². The first kappa shape index (κ1) is 13.7. The Bertz CT molecular complexity index is 641. The van der Waals surface area contributed by atoms with Crippen LogP contribution in [0.15, 0.2) is 42.6 Å². The van der Waals surface area contributed by atoms with E-state index in [1.54, 1.807) is 24.4 Å². The van der Waals surface area contributed by atoms with Gasteiger partial charge in [0, 0.05) is 18.0 Å². The summed E-state index contributed by atoms with van der Waals surface area (Å²) in [6.07, 6.45) is 1.66. The molecule has 1 aromatic heterocycles. The number of benzene rings is 1. The quantitative estimate of drug-likeness (QED) is 0.474. The zero-order valence-corrected chi connectivity index (χ0v) is 10.8. The molecule has 6 nitrogen and oxygen atoms in total. The van der Waals surface area contributed by atoms with Gasteiger partial charge in [0.25, 0.3) is 0 Å². The number of methoxy groups -OCH3 is 1. The number of hydrogen-bond donors (Lipinski definition) is 0. The van der Waals surface area contributed by atoms with Gasteiger partial charge >= 0.3 is 5.69 Å². The SMILES string of the molecule is COc1c(C(=O)Cc2ccccn2)cccc1[N+](=O)[O-]. The molecular weight excluding hydrogens is 260 g/mol.